The Bertz CT molecular complexity index is 623. The van der Waals surface area contributed by atoms with Crippen molar-refractivity contribution in [1.82, 2.24) is 0 Å². The number of hydrogen-bond donors (Lipinski definition) is 1. The van der Waals surface area contributed by atoms with Crippen molar-refractivity contribution in [2.75, 3.05) is 0 Å². The van der Waals surface area contributed by atoms with E-state index in [1.807, 2.05) is 12.1 Å². The van der Waals surface area contributed by atoms with E-state index in [-0.39, 0.29) is 0 Å². The summed E-state index contributed by atoms with van der Waals surface area (Å²) in [4.78, 5) is 12.5. The Kier molecular flexibility index (Phi) is 2.94. The highest BCUT2D eigenvalue weighted by atomic mass is 32.1. The molecule has 84 valence electrons. The molecule has 0 aliphatic rings. The highest BCUT2D eigenvalue weighted by molar-refractivity contribution is 7.16. The molecule has 0 unspecified atom stereocenters. The van der Waals surface area contributed by atoms with E-state index in [1.54, 1.807) is 25.1 Å². The van der Waals surface area contributed by atoms with Gasteiger partial charge in [-0.1, -0.05) is 12.1 Å². The quantitative estimate of drug-likeness (QED) is 0.880. The third-order valence-electron chi connectivity index (χ3n) is 2.47. The van der Waals surface area contributed by atoms with E-state index in [2.05, 4.69) is 6.07 Å². The van der Waals surface area contributed by atoms with E-state index in [4.69, 9.17) is 10.4 Å². The number of thiophene rings is 1. The van der Waals surface area contributed by atoms with Gasteiger partial charge >= 0.3 is 5.97 Å². The minimum atomic E-state index is -0.929. The summed E-state index contributed by atoms with van der Waals surface area (Å²) in [7, 11) is 0. The molecule has 1 N–H and O–H groups in total. The maximum Gasteiger partial charge on any atom is 0.335 e. The van der Waals surface area contributed by atoms with Crippen LogP contribution in [0.25, 0.3) is 10.4 Å². The number of benzene rings is 1. The van der Waals surface area contributed by atoms with Gasteiger partial charge in [-0.25, -0.2) is 4.79 Å². The molecular formula is C13H9NO2S. The molecule has 0 saturated carbocycles. The van der Waals surface area contributed by atoms with Crippen LogP contribution in [0.5, 0.6) is 0 Å². The fourth-order valence-corrected chi connectivity index (χ4v) is 2.36. The highest BCUT2D eigenvalue weighted by Gasteiger charge is 2.10. The van der Waals surface area contributed by atoms with Crippen LogP contribution in [-0.2, 0) is 0 Å². The molecule has 0 radical (unpaired) electrons. The molecule has 1 heterocycles. The lowest BCUT2D eigenvalue weighted by Crippen LogP contribution is -1.99. The summed E-state index contributed by atoms with van der Waals surface area (Å²) < 4.78 is 0. The number of aromatic carboxylic acids is 1. The summed E-state index contributed by atoms with van der Waals surface area (Å²) in [5.41, 5.74) is 1.87. The maximum atomic E-state index is 11.0. The largest absolute Gasteiger partial charge is 0.478 e. The van der Waals surface area contributed by atoms with Crippen molar-refractivity contribution in [3.05, 3.63) is 46.3 Å². The second kappa shape index (κ2) is 4.40. The highest BCUT2D eigenvalue weighted by Crippen LogP contribution is 2.29. The van der Waals surface area contributed by atoms with Gasteiger partial charge in [0.25, 0.3) is 0 Å². The lowest BCUT2D eigenvalue weighted by atomic mass is 10.0. The summed E-state index contributed by atoms with van der Waals surface area (Å²) in [6.07, 6.45) is 0. The third-order valence-corrected chi connectivity index (χ3v) is 3.51. The fraction of sp³-hybridized carbons (Fsp3) is 0.0769. The first kappa shape index (κ1) is 11.4. The first-order valence-electron chi connectivity index (χ1n) is 4.96. The van der Waals surface area contributed by atoms with Crippen LogP contribution in [0.15, 0.2) is 30.3 Å². The van der Waals surface area contributed by atoms with E-state index in [1.165, 1.54) is 11.3 Å². The Morgan fingerprint density at radius 2 is 2.12 bits per heavy atom. The standard InChI is InChI=1S/C13H9NO2S/c1-8-2-3-9(6-11(8)13(15)16)12-5-4-10(7-14)17-12/h2-6H,1H3,(H,15,16). The molecule has 0 saturated heterocycles. The molecule has 2 aromatic rings. The van der Waals surface area contributed by atoms with Crippen LogP contribution in [0, 0.1) is 18.3 Å². The summed E-state index contributed by atoms with van der Waals surface area (Å²) in [5, 5.41) is 17.8. The summed E-state index contributed by atoms with van der Waals surface area (Å²) >= 11 is 1.36. The van der Waals surface area contributed by atoms with Crippen molar-refractivity contribution < 1.29 is 9.90 Å². The minimum Gasteiger partial charge on any atom is -0.478 e. The molecule has 2 rings (SSSR count). The van der Waals surface area contributed by atoms with Crippen LogP contribution < -0.4 is 0 Å². The van der Waals surface area contributed by atoms with Crippen LogP contribution in [0.4, 0.5) is 0 Å². The average molecular weight is 243 g/mol. The SMILES string of the molecule is Cc1ccc(-c2ccc(C#N)s2)cc1C(=O)O. The molecule has 1 aromatic carbocycles. The summed E-state index contributed by atoms with van der Waals surface area (Å²) in [5.74, 6) is -0.929. The van der Waals surface area contributed by atoms with E-state index in [0.29, 0.717) is 10.4 Å². The van der Waals surface area contributed by atoms with Crippen LogP contribution >= 0.6 is 11.3 Å². The zero-order valence-corrected chi connectivity index (χ0v) is 9.91. The molecule has 0 amide bonds. The Hall–Kier alpha value is -2.12. The van der Waals surface area contributed by atoms with Crippen LogP contribution in [0.2, 0.25) is 0 Å². The summed E-state index contributed by atoms with van der Waals surface area (Å²) in [6.45, 7) is 1.77. The van der Waals surface area contributed by atoms with Gasteiger partial charge in [0, 0.05) is 4.88 Å². The van der Waals surface area contributed by atoms with Crippen LogP contribution in [0.1, 0.15) is 20.8 Å². The van der Waals surface area contributed by atoms with Crippen molar-refractivity contribution in [3.63, 3.8) is 0 Å². The predicted octanol–water partition coefficient (Wildman–Crippen LogP) is 3.29. The van der Waals surface area contributed by atoms with Crippen molar-refractivity contribution in [2.45, 2.75) is 6.92 Å². The Morgan fingerprint density at radius 3 is 2.71 bits per heavy atom. The van der Waals surface area contributed by atoms with Crippen molar-refractivity contribution in [2.24, 2.45) is 0 Å². The molecule has 17 heavy (non-hydrogen) atoms. The van der Waals surface area contributed by atoms with Crippen LogP contribution in [0.3, 0.4) is 0 Å². The maximum absolute atomic E-state index is 11.0. The number of rotatable bonds is 2. The number of aryl methyl sites for hydroxylation is 1. The van der Waals surface area contributed by atoms with Gasteiger partial charge in [0.05, 0.1) is 5.56 Å². The van der Waals surface area contributed by atoms with Gasteiger partial charge in [-0.15, -0.1) is 11.3 Å². The number of nitriles is 1. The molecule has 4 heteroatoms. The molecule has 0 spiro atoms. The second-order valence-corrected chi connectivity index (χ2v) is 4.69. The number of carbonyl (C=O) groups is 1. The van der Waals surface area contributed by atoms with E-state index in [0.717, 1.165) is 16.0 Å². The van der Waals surface area contributed by atoms with Crippen molar-refractivity contribution >= 4 is 17.3 Å². The molecular weight excluding hydrogens is 234 g/mol. The molecule has 0 aliphatic carbocycles. The third kappa shape index (κ3) is 2.19. The van der Waals surface area contributed by atoms with Gasteiger partial charge in [0.15, 0.2) is 0 Å². The zero-order chi connectivity index (χ0) is 12.4. The van der Waals surface area contributed by atoms with Gasteiger partial charge in [-0.3, -0.25) is 0 Å². The van der Waals surface area contributed by atoms with Gasteiger partial charge in [-0.05, 0) is 36.2 Å². The van der Waals surface area contributed by atoms with E-state index < -0.39 is 5.97 Å². The van der Waals surface area contributed by atoms with Crippen molar-refractivity contribution in [1.29, 1.82) is 5.26 Å². The number of hydrogen-bond acceptors (Lipinski definition) is 3. The lowest BCUT2D eigenvalue weighted by Gasteiger charge is -2.03. The smallest absolute Gasteiger partial charge is 0.335 e. The van der Waals surface area contributed by atoms with Gasteiger partial charge in [0.2, 0.25) is 0 Å². The van der Waals surface area contributed by atoms with Gasteiger partial charge in [0.1, 0.15) is 10.9 Å². The zero-order valence-electron chi connectivity index (χ0n) is 9.10. The Balaban J connectivity index is 2.50. The monoisotopic (exact) mass is 243 g/mol. The lowest BCUT2D eigenvalue weighted by molar-refractivity contribution is 0.0696. The average Bonchev–Trinajstić information content (AvgIpc) is 2.78. The minimum absolute atomic E-state index is 0.300. The number of carboxylic acids is 1. The first-order chi connectivity index (χ1) is 8.11. The molecule has 3 nitrogen and oxygen atoms in total. The van der Waals surface area contributed by atoms with E-state index >= 15 is 0 Å². The molecule has 0 fully saturated rings. The van der Waals surface area contributed by atoms with Crippen LogP contribution in [-0.4, -0.2) is 11.1 Å². The van der Waals surface area contributed by atoms with E-state index in [9.17, 15) is 4.79 Å². The number of carboxylic acid groups (broad SMARTS) is 1. The molecule has 1 aromatic heterocycles. The number of nitrogens with zero attached hydrogens (tertiary/aromatic N) is 1. The van der Waals surface area contributed by atoms with Gasteiger partial charge in [-0.2, -0.15) is 5.26 Å². The summed E-state index contributed by atoms with van der Waals surface area (Å²) in [6, 6.07) is 10.9. The second-order valence-electron chi connectivity index (χ2n) is 3.61. The predicted molar refractivity (Wildman–Crippen MR) is 66.2 cm³/mol. The Morgan fingerprint density at radius 1 is 1.35 bits per heavy atom. The Labute approximate surface area is 103 Å². The van der Waals surface area contributed by atoms with Gasteiger partial charge < -0.3 is 5.11 Å². The molecule has 0 bridgehead atoms. The molecule has 0 atom stereocenters. The molecule has 0 aliphatic heterocycles. The van der Waals surface area contributed by atoms with Crippen molar-refractivity contribution in [3.8, 4) is 16.5 Å². The first-order valence-corrected chi connectivity index (χ1v) is 5.77. The fourth-order valence-electron chi connectivity index (χ4n) is 1.56. The normalized spacial score (nSPS) is 9.88. The topological polar surface area (TPSA) is 61.1 Å².